The van der Waals surface area contributed by atoms with E-state index < -0.39 is 0 Å². The molecule has 3 aromatic rings. The van der Waals surface area contributed by atoms with Crippen LogP contribution in [0.5, 0.6) is 0 Å². The molecule has 1 heterocycles. The van der Waals surface area contributed by atoms with Gasteiger partial charge < -0.3 is 5.73 Å². The van der Waals surface area contributed by atoms with Gasteiger partial charge in [-0.25, -0.2) is 4.98 Å². The molecule has 0 aliphatic rings. The van der Waals surface area contributed by atoms with Crippen LogP contribution in [0.4, 0.5) is 0 Å². The molecular formula is C26H31N3O. The fraction of sp³-hybridized carbons (Fsp3) is 0.308. The molecule has 2 N–H and O–H groups in total. The van der Waals surface area contributed by atoms with Crippen LogP contribution in [-0.4, -0.2) is 9.55 Å². The van der Waals surface area contributed by atoms with E-state index in [2.05, 4.69) is 37.8 Å². The van der Waals surface area contributed by atoms with Gasteiger partial charge in [-0.15, -0.1) is 0 Å². The predicted octanol–water partition coefficient (Wildman–Crippen LogP) is 5.10. The molecule has 1 aromatic heterocycles. The molecule has 2 aromatic carbocycles. The van der Waals surface area contributed by atoms with Gasteiger partial charge in [-0.05, 0) is 36.5 Å². The molecule has 0 aliphatic heterocycles. The van der Waals surface area contributed by atoms with Crippen LogP contribution < -0.4 is 11.3 Å². The maximum atomic E-state index is 13.1. The first-order chi connectivity index (χ1) is 14.5. The van der Waals surface area contributed by atoms with E-state index in [4.69, 9.17) is 10.7 Å². The molecule has 0 unspecified atom stereocenters. The SMILES string of the molecule is C=C(N)c1ccccc1-c1ccc(Cn2c(CCCC)nc(C)c(CC)c2=O)cc1. The van der Waals surface area contributed by atoms with Crippen molar-refractivity contribution in [3.63, 3.8) is 0 Å². The Morgan fingerprint density at radius 3 is 2.43 bits per heavy atom. The van der Waals surface area contributed by atoms with Gasteiger partial charge in [0.1, 0.15) is 5.82 Å². The molecule has 3 rings (SSSR count). The Balaban J connectivity index is 1.96. The number of hydrogen-bond acceptors (Lipinski definition) is 3. The molecule has 0 fully saturated rings. The van der Waals surface area contributed by atoms with Gasteiger partial charge in [0.15, 0.2) is 0 Å². The zero-order chi connectivity index (χ0) is 21.7. The van der Waals surface area contributed by atoms with E-state index in [-0.39, 0.29) is 5.56 Å². The molecule has 0 amide bonds. The van der Waals surface area contributed by atoms with E-state index in [0.717, 1.165) is 58.6 Å². The highest BCUT2D eigenvalue weighted by Crippen LogP contribution is 2.26. The average Bonchev–Trinajstić information content (AvgIpc) is 2.75. The number of nitrogens with two attached hydrogens (primary N) is 1. The first-order valence-corrected chi connectivity index (χ1v) is 10.7. The molecule has 0 spiro atoms. The number of unbranched alkanes of at least 4 members (excludes halogenated alkanes) is 1. The van der Waals surface area contributed by atoms with Crippen molar-refractivity contribution < 1.29 is 0 Å². The van der Waals surface area contributed by atoms with Crippen molar-refractivity contribution in [2.75, 3.05) is 0 Å². The van der Waals surface area contributed by atoms with Crippen LogP contribution in [0.3, 0.4) is 0 Å². The van der Waals surface area contributed by atoms with E-state index in [9.17, 15) is 4.79 Å². The molecule has 0 radical (unpaired) electrons. The molecule has 0 saturated heterocycles. The summed E-state index contributed by atoms with van der Waals surface area (Å²) in [6.07, 6.45) is 3.62. The fourth-order valence-electron chi connectivity index (χ4n) is 3.84. The minimum absolute atomic E-state index is 0.0879. The van der Waals surface area contributed by atoms with E-state index in [1.54, 1.807) is 0 Å². The van der Waals surface area contributed by atoms with E-state index in [0.29, 0.717) is 18.7 Å². The summed E-state index contributed by atoms with van der Waals surface area (Å²) in [5.41, 5.74) is 12.4. The van der Waals surface area contributed by atoms with Gasteiger partial charge in [0, 0.05) is 28.9 Å². The first-order valence-electron chi connectivity index (χ1n) is 10.7. The summed E-state index contributed by atoms with van der Waals surface area (Å²) in [5.74, 6) is 0.880. The second-order valence-corrected chi connectivity index (χ2v) is 7.71. The van der Waals surface area contributed by atoms with Gasteiger partial charge in [0.05, 0.1) is 6.54 Å². The van der Waals surface area contributed by atoms with Crippen molar-refractivity contribution in [3.05, 3.63) is 93.7 Å². The molecule has 30 heavy (non-hydrogen) atoms. The Hall–Kier alpha value is -3.14. The van der Waals surface area contributed by atoms with Crippen molar-refractivity contribution in [2.24, 2.45) is 5.73 Å². The molecule has 0 bridgehead atoms. The standard InChI is InChI=1S/C26H31N3O/c1-5-7-12-25-28-19(4)22(6-2)26(30)29(25)17-20-13-15-21(16-14-20)24-11-9-8-10-23(24)18(3)27/h8-11,13-16H,3,5-7,12,17,27H2,1-2,4H3. The second kappa shape index (κ2) is 9.57. The third-order valence-electron chi connectivity index (χ3n) is 5.53. The number of hydrogen-bond donors (Lipinski definition) is 1. The largest absolute Gasteiger partial charge is 0.399 e. The lowest BCUT2D eigenvalue weighted by atomic mass is 9.97. The van der Waals surface area contributed by atoms with Crippen LogP contribution in [0, 0.1) is 6.92 Å². The molecule has 0 atom stereocenters. The van der Waals surface area contributed by atoms with Crippen LogP contribution >= 0.6 is 0 Å². The lowest BCUT2D eigenvalue weighted by Crippen LogP contribution is -2.30. The highest BCUT2D eigenvalue weighted by molar-refractivity contribution is 5.79. The Morgan fingerprint density at radius 1 is 1.10 bits per heavy atom. The summed E-state index contributed by atoms with van der Waals surface area (Å²) in [5, 5.41) is 0. The van der Waals surface area contributed by atoms with Gasteiger partial charge in [0.25, 0.3) is 5.56 Å². The minimum Gasteiger partial charge on any atom is -0.399 e. The van der Waals surface area contributed by atoms with E-state index in [1.807, 2.05) is 42.7 Å². The first kappa shape index (κ1) is 21.6. The summed E-state index contributed by atoms with van der Waals surface area (Å²) in [6.45, 7) is 10.5. The van der Waals surface area contributed by atoms with Crippen molar-refractivity contribution in [1.82, 2.24) is 9.55 Å². The van der Waals surface area contributed by atoms with Gasteiger partial charge in [-0.2, -0.15) is 0 Å². The van der Waals surface area contributed by atoms with Crippen LogP contribution in [0.2, 0.25) is 0 Å². The quantitative estimate of drug-likeness (QED) is 0.571. The van der Waals surface area contributed by atoms with Gasteiger partial charge in [0.2, 0.25) is 0 Å². The monoisotopic (exact) mass is 401 g/mol. The lowest BCUT2D eigenvalue weighted by Gasteiger charge is -2.16. The highest BCUT2D eigenvalue weighted by Gasteiger charge is 2.13. The fourth-order valence-corrected chi connectivity index (χ4v) is 3.84. The molecule has 0 saturated carbocycles. The Morgan fingerprint density at radius 2 is 1.80 bits per heavy atom. The topological polar surface area (TPSA) is 60.9 Å². The minimum atomic E-state index is 0.0879. The van der Waals surface area contributed by atoms with Crippen LogP contribution in [-0.2, 0) is 19.4 Å². The van der Waals surface area contributed by atoms with Crippen molar-refractivity contribution in [1.29, 1.82) is 0 Å². The van der Waals surface area contributed by atoms with Crippen LogP contribution in [0.25, 0.3) is 16.8 Å². The third kappa shape index (κ3) is 4.54. The smallest absolute Gasteiger partial charge is 0.257 e. The summed E-state index contributed by atoms with van der Waals surface area (Å²) in [6, 6.07) is 16.3. The summed E-state index contributed by atoms with van der Waals surface area (Å²) in [7, 11) is 0. The Kier molecular flexibility index (Phi) is 6.88. The number of benzene rings is 2. The van der Waals surface area contributed by atoms with E-state index in [1.165, 1.54) is 0 Å². The van der Waals surface area contributed by atoms with Crippen molar-refractivity contribution >= 4 is 5.70 Å². The predicted molar refractivity (Wildman–Crippen MR) is 125 cm³/mol. The summed E-state index contributed by atoms with van der Waals surface area (Å²) < 4.78 is 1.85. The number of aromatic nitrogens is 2. The van der Waals surface area contributed by atoms with Crippen LogP contribution in [0.1, 0.15) is 54.9 Å². The molecule has 4 heteroatoms. The normalized spacial score (nSPS) is 10.9. The van der Waals surface area contributed by atoms with Gasteiger partial charge >= 0.3 is 0 Å². The number of aryl methyl sites for hydroxylation is 2. The Bertz CT molecular complexity index is 1090. The zero-order valence-electron chi connectivity index (χ0n) is 18.2. The maximum Gasteiger partial charge on any atom is 0.257 e. The van der Waals surface area contributed by atoms with Crippen molar-refractivity contribution in [2.45, 2.75) is 53.0 Å². The Labute approximate surface area is 179 Å². The third-order valence-corrected chi connectivity index (χ3v) is 5.53. The lowest BCUT2D eigenvalue weighted by molar-refractivity contribution is 0.624. The summed E-state index contributed by atoms with van der Waals surface area (Å²) in [4.78, 5) is 17.9. The molecule has 0 aliphatic carbocycles. The second-order valence-electron chi connectivity index (χ2n) is 7.71. The van der Waals surface area contributed by atoms with E-state index >= 15 is 0 Å². The van der Waals surface area contributed by atoms with Gasteiger partial charge in [-0.3, -0.25) is 9.36 Å². The van der Waals surface area contributed by atoms with Gasteiger partial charge in [-0.1, -0.05) is 75.4 Å². The molecule has 156 valence electrons. The zero-order valence-corrected chi connectivity index (χ0v) is 18.2. The average molecular weight is 402 g/mol. The molecule has 4 nitrogen and oxygen atoms in total. The highest BCUT2D eigenvalue weighted by atomic mass is 16.1. The van der Waals surface area contributed by atoms with Crippen LogP contribution in [0.15, 0.2) is 59.9 Å². The number of nitrogens with zero attached hydrogens (tertiary/aromatic N) is 2. The molecular weight excluding hydrogens is 370 g/mol. The summed E-state index contributed by atoms with van der Waals surface area (Å²) >= 11 is 0. The van der Waals surface area contributed by atoms with Crippen molar-refractivity contribution in [3.8, 4) is 11.1 Å². The number of rotatable bonds is 8. The maximum absolute atomic E-state index is 13.1.